The molecule has 1 fully saturated rings. The van der Waals surface area contributed by atoms with Crippen LogP contribution in [0.15, 0.2) is 24.3 Å². The number of carbonyl (C=O) groups excluding carboxylic acids is 2. The van der Waals surface area contributed by atoms with Crippen molar-refractivity contribution in [2.24, 2.45) is 0 Å². The van der Waals surface area contributed by atoms with Gasteiger partial charge in [-0.25, -0.2) is 9.59 Å². The van der Waals surface area contributed by atoms with Crippen LogP contribution in [0.4, 0.5) is 21.0 Å². The Hall–Kier alpha value is -2.84. The van der Waals surface area contributed by atoms with Gasteiger partial charge in [0.1, 0.15) is 5.60 Å². The van der Waals surface area contributed by atoms with Crippen LogP contribution in [0, 0.1) is 10.1 Å². The molecule has 9 heteroatoms. The average Bonchev–Trinajstić information content (AvgIpc) is 2.53. The number of benzene rings is 1. The van der Waals surface area contributed by atoms with Gasteiger partial charge in [0.15, 0.2) is 0 Å². The highest BCUT2D eigenvalue weighted by atomic mass is 16.6. The molecule has 0 spiro atoms. The van der Waals surface area contributed by atoms with Crippen molar-refractivity contribution in [2.45, 2.75) is 26.4 Å². The molecule has 0 radical (unpaired) electrons. The van der Waals surface area contributed by atoms with Crippen LogP contribution < -0.4 is 5.32 Å². The largest absolute Gasteiger partial charge is 0.444 e. The van der Waals surface area contributed by atoms with E-state index in [1.807, 2.05) is 0 Å². The number of nitrogens with one attached hydrogen (secondary N) is 1. The molecule has 25 heavy (non-hydrogen) atoms. The molecule has 0 unspecified atom stereocenters. The average molecular weight is 350 g/mol. The Morgan fingerprint density at radius 2 is 1.76 bits per heavy atom. The molecular formula is C16H22N4O5. The summed E-state index contributed by atoms with van der Waals surface area (Å²) in [6.07, 6.45) is -0.397. The molecule has 0 bridgehead atoms. The lowest BCUT2D eigenvalue weighted by Gasteiger charge is -2.35. The summed E-state index contributed by atoms with van der Waals surface area (Å²) in [4.78, 5) is 37.6. The van der Waals surface area contributed by atoms with Gasteiger partial charge in [0.05, 0.1) is 4.92 Å². The second kappa shape index (κ2) is 7.37. The fourth-order valence-electron chi connectivity index (χ4n) is 2.32. The zero-order valence-corrected chi connectivity index (χ0v) is 14.5. The van der Waals surface area contributed by atoms with Crippen LogP contribution in [0.25, 0.3) is 0 Å². The number of urea groups is 1. The molecule has 1 aromatic carbocycles. The number of anilines is 1. The number of nitro benzene ring substituents is 1. The van der Waals surface area contributed by atoms with E-state index >= 15 is 0 Å². The van der Waals surface area contributed by atoms with Crippen LogP contribution in [0.2, 0.25) is 0 Å². The van der Waals surface area contributed by atoms with Crippen LogP contribution in [-0.4, -0.2) is 58.6 Å². The number of hydrogen-bond donors (Lipinski definition) is 1. The van der Waals surface area contributed by atoms with E-state index in [1.165, 1.54) is 18.2 Å². The second-order valence-electron chi connectivity index (χ2n) is 6.69. The van der Waals surface area contributed by atoms with E-state index in [0.717, 1.165) is 0 Å². The molecule has 3 amide bonds. The summed E-state index contributed by atoms with van der Waals surface area (Å²) in [6, 6.07) is 5.39. The first kappa shape index (κ1) is 18.5. The minimum Gasteiger partial charge on any atom is -0.444 e. The van der Waals surface area contributed by atoms with Gasteiger partial charge in [-0.2, -0.15) is 0 Å². The molecule has 0 atom stereocenters. The van der Waals surface area contributed by atoms with E-state index in [9.17, 15) is 19.7 Å². The minimum absolute atomic E-state index is 0.0902. The number of carbonyl (C=O) groups is 2. The van der Waals surface area contributed by atoms with Crippen molar-refractivity contribution in [1.29, 1.82) is 0 Å². The fourth-order valence-corrected chi connectivity index (χ4v) is 2.32. The van der Waals surface area contributed by atoms with Crippen LogP contribution in [0.1, 0.15) is 20.8 Å². The fraction of sp³-hybridized carbons (Fsp3) is 0.500. The number of ether oxygens (including phenoxy) is 1. The Morgan fingerprint density at radius 3 is 2.32 bits per heavy atom. The quantitative estimate of drug-likeness (QED) is 0.652. The number of nitrogens with zero attached hydrogens (tertiary/aromatic N) is 3. The van der Waals surface area contributed by atoms with Gasteiger partial charge in [0, 0.05) is 44.0 Å². The van der Waals surface area contributed by atoms with Crippen molar-refractivity contribution in [2.75, 3.05) is 31.5 Å². The monoisotopic (exact) mass is 350 g/mol. The highest BCUT2D eigenvalue weighted by Gasteiger charge is 2.27. The molecule has 1 N–H and O–H groups in total. The normalized spacial score (nSPS) is 14.8. The van der Waals surface area contributed by atoms with Crippen LogP contribution in [0.3, 0.4) is 0 Å². The molecule has 1 heterocycles. The Labute approximate surface area is 145 Å². The van der Waals surface area contributed by atoms with E-state index < -0.39 is 16.6 Å². The van der Waals surface area contributed by atoms with Gasteiger partial charge in [0.25, 0.3) is 5.69 Å². The maximum atomic E-state index is 12.3. The standard InChI is InChI=1S/C16H22N4O5/c1-16(2,3)25-15(22)19-9-7-18(8-10-19)14(21)17-12-5-4-6-13(11-12)20(23)24/h4-6,11H,7-10H2,1-3H3,(H,17,21). The van der Waals surface area contributed by atoms with Crippen molar-refractivity contribution < 1.29 is 19.2 Å². The zero-order valence-electron chi connectivity index (χ0n) is 14.5. The zero-order chi connectivity index (χ0) is 18.6. The van der Waals surface area contributed by atoms with Crippen LogP contribution in [0.5, 0.6) is 0 Å². The van der Waals surface area contributed by atoms with Gasteiger partial charge in [0.2, 0.25) is 0 Å². The Balaban J connectivity index is 1.88. The molecule has 1 aliphatic rings. The topological polar surface area (TPSA) is 105 Å². The van der Waals surface area contributed by atoms with Crippen molar-refractivity contribution in [3.63, 3.8) is 0 Å². The van der Waals surface area contributed by atoms with Crippen molar-refractivity contribution in [1.82, 2.24) is 9.80 Å². The van der Waals surface area contributed by atoms with E-state index in [2.05, 4.69) is 5.32 Å². The molecule has 9 nitrogen and oxygen atoms in total. The third-order valence-electron chi connectivity index (χ3n) is 3.53. The minimum atomic E-state index is -0.562. The van der Waals surface area contributed by atoms with E-state index in [0.29, 0.717) is 31.9 Å². The third-order valence-corrected chi connectivity index (χ3v) is 3.53. The second-order valence-corrected chi connectivity index (χ2v) is 6.69. The number of nitro groups is 1. The Kier molecular flexibility index (Phi) is 5.45. The summed E-state index contributed by atoms with van der Waals surface area (Å²) in [5.41, 5.74) is -0.297. The molecule has 1 saturated heterocycles. The first-order valence-corrected chi connectivity index (χ1v) is 7.94. The molecular weight excluding hydrogens is 328 g/mol. The van der Waals surface area contributed by atoms with Gasteiger partial charge >= 0.3 is 12.1 Å². The van der Waals surface area contributed by atoms with Crippen molar-refractivity contribution >= 4 is 23.5 Å². The van der Waals surface area contributed by atoms with Crippen LogP contribution >= 0.6 is 0 Å². The van der Waals surface area contributed by atoms with Crippen molar-refractivity contribution in [3.05, 3.63) is 34.4 Å². The number of hydrogen-bond acceptors (Lipinski definition) is 5. The SMILES string of the molecule is CC(C)(C)OC(=O)N1CCN(C(=O)Nc2cccc([N+](=O)[O-])c2)CC1. The molecule has 136 valence electrons. The third kappa shape index (κ3) is 5.33. The predicted octanol–water partition coefficient (Wildman–Crippen LogP) is 2.68. The lowest BCUT2D eigenvalue weighted by Crippen LogP contribution is -2.52. The van der Waals surface area contributed by atoms with E-state index in [1.54, 1.807) is 36.6 Å². The maximum absolute atomic E-state index is 12.3. The predicted molar refractivity (Wildman–Crippen MR) is 91.5 cm³/mol. The Bertz CT molecular complexity index is 663. The van der Waals surface area contributed by atoms with Gasteiger partial charge < -0.3 is 19.9 Å². The first-order valence-electron chi connectivity index (χ1n) is 7.94. The summed E-state index contributed by atoms with van der Waals surface area (Å²) in [6.45, 7) is 6.86. The molecule has 0 aliphatic carbocycles. The number of rotatable bonds is 2. The molecule has 1 aromatic rings. The number of piperazine rings is 1. The molecule has 0 saturated carbocycles. The van der Waals surface area contributed by atoms with Gasteiger partial charge in [-0.15, -0.1) is 0 Å². The molecule has 1 aliphatic heterocycles. The van der Waals surface area contributed by atoms with Crippen molar-refractivity contribution in [3.8, 4) is 0 Å². The summed E-state index contributed by atoms with van der Waals surface area (Å²) >= 11 is 0. The summed E-state index contributed by atoms with van der Waals surface area (Å²) < 4.78 is 5.31. The molecule has 0 aromatic heterocycles. The summed E-state index contributed by atoms with van der Waals surface area (Å²) in [7, 11) is 0. The van der Waals surface area contributed by atoms with Gasteiger partial charge in [-0.1, -0.05) is 6.07 Å². The highest BCUT2D eigenvalue weighted by Crippen LogP contribution is 2.18. The lowest BCUT2D eigenvalue weighted by molar-refractivity contribution is -0.384. The highest BCUT2D eigenvalue weighted by molar-refractivity contribution is 5.89. The smallest absolute Gasteiger partial charge is 0.410 e. The molecule has 2 rings (SSSR count). The first-order chi connectivity index (χ1) is 11.7. The lowest BCUT2D eigenvalue weighted by atomic mass is 10.2. The summed E-state index contributed by atoms with van der Waals surface area (Å²) in [5, 5.41) is 13.4. The maximum Gasteiger partial charge on any atom is 0.410 e. The number of non-ortho nitro benzene ring substituents is 1. The van der Waals surface area contributed by atoms with E-state index in [4.69, 9.17) is 4.74 Å². The van der Waals surface area contributed by atoms with Gasteiger partial charge in [-0.3, -0.25) is 10.1 Å². The van der Waals surface area contributed by atoms with E-state index in [-0.39, 0.29) is 11.7 Å². The summed E-state index contributed by atoms with van der Waals surface area (Å²) in [5.74, 6) is 0. The number of amides is 3. The van der Waals surface area contributed by atoms with Crippen LogP contribution in [-0.2, 0) is 4.74 Å². The van der Waals surface area contributed by atoms with Gasteiger partial charge in [-0.05, 0) is 26.8 Å². The Morgan fingerprint density at radius 1 is 1.16 bits per heavy atom.